The molecule has 0 heterocycles. The van der Waals surface area contributed by atoms with E-state index in [0.717, 1.165) is 23.5 Å². The fourth-order valence-electron chi connectivity index (χ4n) is 9.66. The van der Waals surface area contributed by atoms with Crippen LogP contribution in [0.1, 0.15) is 51.6 Å². The van der Waals surface area contributed by atoms with Crippen molar-refractivity contribution < 1.29 is 0 Å². The molecule has 0 radical (unpaired) electrons. The molecule has 58 heavy (non-hydrogen) atoms. The van der Waals surface area contributed by atoms with Crippen LogP contribution in [0.15, 0.2) is 242 Å². The van der Waals surface area contributed by atoms with Crippen LogP contribution in [0.3, 0.4) is 0 Å². The maximum Gasteiger partial charge on any atom is 0.0673 e. The molecule has 7 aromatic rings. The lowest BCUT2D eigenvalue weighted by molar-refractivity contribution is 0.693. The number of para-hydroxylation sites is 1. The zero-order chi connectivity index (χ0) is 38.7. The van der Waals surface area contributed by atoms with E-state index in [1.807, 2.05) is 0 Å². The van der Waals surface area contributed by atoms with Crippen molar-refractivity contribution in [2.75, 3.05) is 4.90 Å². The van der Waals surface area contributed by atoms with Gasteiger partial charge in [-0.15, -0.1) is 0 Å². The third kappa shape index (κ3) is 6.39. The van der Waals surface area contributed by atoms with E-state index in [9.17, 15) is 0 Å². The molecule has 0 amide bonds. The molecule has 1 heteroatoms. The van der Waals surface area contributed by atoms with Gasteiger partial charge in [-0.25, -0.2) is 0 Å². The van der Waals surface area contributed by atoms with Crippen LogP contribution in [0.2, 0.25) is 0 Å². The van der Waals surface area contributed by atoms with Crippen LogP contribution in [0, 0.1) is 5.92 Å². The fourth-order valence-corrected chi connectivity index (χ4v) is 9.66. The first-order chi connectivity index (χ1) is 28.8. The van der Waals surface area contributed by atoms with E-state index in [-0.39, 0.29) is 5.41 Å². The molecule has 0 saturated heterocycles. The molecular formula is C57H45N. The van der Waals surface area contributed by atoms with Gasteiger partial charge >= 0.3 is 0 Å². The number of benzene rings is 7. The summed E-state index contributed by atoms with van der Waals surface area (Å²) in [5, 5.41) is 0. The van der Waals surface area contributed by atoms with Gasteiger partial charge in [0.05, 0.1) is 5.41 Å². The highest BCUT2D eigenvalue weighted by molar-refractivity contribution is 5.80. The van der Waals surface area contributed by atoms with Gasteiger partial charge < -0.3 is 4.90 Å². The van der Waals surface area contributed by atoms with Crippen molar-refractivity contribution in [1.29, 1.82) is 0 Å². The number of hydrogen-bond donors (Lipinski definition) is 0. The van der Waals surface area contributed by atoms with E-state index in [1.165, 1.54) is 50.1 Å². The fraction of sp³-hybridized carbons (Fsp3) is 0.0877. The Balaban J connectivity index is 0.992. The summed E-state index contributed by atoms with van der Waals surface area (Å²) in [6.07, 6.45) is 21.6. The van der Waals surface area contributed by atoms with Crippen LogP contribution in [-0.4, -0.2) is 0 Å². The van der Waals surface area contributed by atoms with E-state index in [0.29, 0.717) is 17.8 Å². The van der Waals surface area contributed by atoms with Gasteiger partial charge in [-0.1, -0.05) is 206 Å². The molecule has 0 aliphatic heterocycles. The molecule has 0 N–H and O–H groups in total. The van der Waals surface area contributed by atoms with Crippen LogP contribution < -0.4 is 4.90 Å². The second kappa shape index (κ2) is 15.5. The van der Waals surface area contributed by atoms with Gasteiger partial charge in [0.1, 0.15) is 0 Å². The van der Waals surface area contributed by atoms with Crippen molar-refractivity contribution >= 4 is 23.1 Å². The molecule has 278 valence electrons. The van der Waals surface area contributed by atoms with Crippen molar-refractivity contribution in [3.63, 3.8) is 0 Å². The summed E-state index contributed by atoms with van der Waals surface area (Å²) in [6.45, 7) is 0. The molecule has 0 bridgehead atoms. The topological polar surface area (TPSA) is 3.24 Å². The molecular weight excluding hydrogens is 699 g/mol. The monoisotopic (exact) mass is 743 g/mol. The molecule has 3 unspecified atom stereocenters. The molecule has 10 rings (SSSR count). The molecule has 1 nitrogen and oxygen atoms in total. The lowest BCUT2D eigenvalue weighted by atomic mass is 9.66. The summed E-state index contributed by atoms with van der Waals surface area (Å²) in [7, 11) is 0. The SMILES string of the molecule is C1=CCC2C(=C1)C(c1ccccc1)(c1ccccc1)c1ccc(-c3ccc(N(c4ccccc4)c4cccc(/C=C/C5C=CC=CC5c5ccccc5)c4)cc3)cc12. The molecule has 3 atom stereocenters. The number of rotatable bonds is 9. The first kappa shape index (κ1) is 35.5. The number of fused-ring (bicyclic) bond motifs is 3. The minimum absolute atomic E-state index is 0.290. The largest absolute Gasteiger partial charge is 0.310 e. The van der Waals surface area contributed by atoms with Crippen molar-refractivity contribution in [2.45, 2.75) is 23.7 Å². The van der Waals surface area contributed by atoms with Gasteiger partial charge in [0.2, 0.25) is 0 Å². The Morgan fingerprint density at radius 3 is 1.86 bits per heavy atom. The first-order valence-electron chi connectivity index (χ1n) is 20.5. The van der Waals surface area contributed by atoms with E-state index in [4.69, 9.17) is 0 Å². The van der Waals surface area contributed by atoms with Gasteiger partial charge in [0.15, 0.2) is 0 Å². The molecule has 0 spiro atoms. The lowest BCUT2D eigenvalue weighted by Gasteiger charge is -2.35. The predicted octanol–water partition coefficient (Wildman–Crippen LogP) is 14.7. The van der Waals surface area contributed by atoms with Crippen LogP contribution >= 0.6 is 0 Å². The summed E-state index contributed by atoms with van der Waals surface area (Å²) >= 11 is 0. The van der Waals surface area contributed by atoms with Gasteiger partial charge in [0, 0.05) is 34.8 Å². The molecule has 0 saturated carbocycles. The van der Waals surface area contributed by atoms with Crippen molar-refractivity contribution in [1.82, 2.24) is 0 Å². The highest BCUT2D eigenvalue weighted by Gasteiger charge is 2.50. The van der Waals surface area contributed by atoms with Crippen molar-refractivity contribution in [3.05, 3.63) is 276 Å². The van der Waals surface area contributed by atoms with E-state index >= 15 is 0 Å². The highest BCUT2D eigenvalue weighted by atomic mass is 15.1. The summed E-state index contributed by atoms with van der Waals surface area (Å²) in [6, 6.07) is 68.9. The summed E-state index contributed by atoms with van der Waals surface area (Å²) in [5.74, 6) is 0.937. The molecule has 3 aliphatic carbocycles. The van der Waals surface area contributed by atoms with Crippen LogP contribution in [0.25, 0.3) is 17.2 Å². The molecule has 7 aromatic carbocycles. The average molecular weight is 744 g/mol. The lowest BCUT2D eigenvalue weighted by Crippen LogP contribution is -2.29. The number of nitrogens with zero attached hydrogens (tertiary/aromatic N) is 1. The Morgan fingerprint density at radius 2 is 1.14 bits per heavy atom. The van der Waals surface area contributed by atoms with Crippen LogP contribution in [0.4, 0.5) is 17.1 Å². The zero-order valence-corrected chi connectivity index (χ0v) is 32.5. The zero-order valence-electron chi connectivity index (χ0n) is 32.5. The van der Waals surface area contributed by atoms with Crippen molar-refractivity contribution in [3.8, 4) is 11.1 Å². The third-order valence-corrected chi connectivity index (χ3v) is 12.3. The summed E-state index contributed by atoms with van der Waals surface area (Å²) < 4.78 is 0. The van der Waals surface area contributed by atoms with Gasteiger partial charge in [-0.05, 0) is 92.9 Å². The van der Waals surface area contributed by atoms with E-state index in [1.54, 1.807) is 0 Å². The predicted molar refractivity (Wildman–Crippen MR) is 244 cm³/mol. The van der Waals surface area contributed by atoms with Crippen LogP contribution in [0.5, 0.6) is 0 Å². The second-order valence-corrected chi connectivity index (χ2v) is 15.6. The number of allylic oxidation sites excluding steroid dienone is 9. The summed E-state index contributed by atoms with van der Waals surface area (Å²) in [4.78, 5) is 2.36. The normalized spacial score (nSPS) is 18.8. The Hall–Kier alpha value is -6.96. The summed E-state index contributed by atoms with van der Waals surface area (Å²) in [5.41, 5.74) is 14.9. The number of anilines is 3. The number of hydrogen-bond acceptors (Lipinski definition) is 1. The average Bonchev–Trinajstić information content (AvgIpc) is 3.60. The second-order valence-electron chi connectivity index (χ2n) is 15.6. The maximum atomic E-state index is 2.47. The standard InChI is InChI=1S/C57H45N/c1-5-19-44(20-6-1)52-29-14-13-21-45(52)33-32-42-18-17-28-51(40-42)58(49-26-11-4-12-27-49)50-37-34-43(35-38-50)46-36-39-56-54(41-46)53-30-15-16-31-55(53)57(56,47-22-7-2-8-23-47)48-24-9-3-10-25-48/h1-29,31-41,45,52-53H,30H2/b33-32+. The van der Waals surface area contributed by atoms with Crippen molar-refractivity contribution in [2.24, 2.45) is 5.92 Å². The minimum atomic E-state index is -0.330. The van der Waals surface area contributed by atoms with Gasteiger partial charge in [-0.2, -0.15) is 0 Å². The third-order valence-electron chi connectivity index (χ3n) is 12.3. The quantitative estimate of drug-likeness (QED) is 0.142. The Bertz CT molecular complexity index is 2640. The molecule has 0 fully saturated rings. The Labute approximate surface area is 343 Å². The Kier molecular flexibility index (Phi) is 9.49. The Morgan fingerprint density at radius 1 is 0.517 bits per heavy atom. The smallest absolute Gasteiger partial charge is 0.0673 e. The van der Waals surface area contributed by atoms with Gasteiger partial charge in [0.25, 0.3) is 0 Å². The molecule has 3 aliphatic rings. The maximum absolute atomic E-state index is 2.47. The van der Waals surface area contributed by atoms with Gasteiger partial charge in [-0.3, -0.25) is 0 Å². The van der Waals surface area contributed by atoms with E-state index in [2.05, 4.69) is 248 Å². The minimum Gasteiger partial charge on any atom is -0.310 e. The first-order valence-corrected chi connectivity index (χ1v) is 20.5. The van der Waals surface area contributed by atoms with Crippen LogP contribution in [-0.2, 0) is 5.41 Å². The highest BCUT2D eigenvalue weighted by Crippen LogP contribution is 2.59. The van der Waals surface area contributed by atoms with E-state index < -0.39 is 0 Å². The molecule has 0 aromatic heterocycles.